The molecule has 0 aliphatic carbocycles. The summed E-state index contributed by atoms with van der Waals surface area (Å²) in [5.74, 6) is 0.524. The summed E-state index contributed by atoms with van der Waals surface area (Å²) in [6, 6.07) is 0.898. The molecule has 3 heterocycles. The number of aryl methyl sites for hydroxylation is 1. The number of ether oxygens (including phenoxy) is 1. The maximum absolute atomic E-state index is 12.9. The molecule has 0 unspecified atom stereocenters. The van der Waals surface area contributed by atoms with Crippen molar-refractivity contribution in [2.45, 2.75) is 18.1 Å². The molecule has 3 rings (SSSR count). The molecule has 0 aromatic carbocycles. The van der Waals surface area contributed by atoms with E-state index in [1.807, 2.05) is 6.92 Å². The van der Waals surface area contributed by atoms with Gasteiger partial charge in [-0.25, -0.2) is 19.7 Å². The molecule has 144 valence electrons. The van der Waals surface area contributed by atoms with E-state index >= 15 is 0 Å². The second-order valence-electron chi connectivity index (χ2n) is 5.62. The maximum atomic E-state index is 12.9. The van der Waals surface area contributed by atoms with Crippen molar-refractivity contribution >= 4 is 28.8 Å². The standard InChI is InChI=1S/C16H16F3N5O2S/c1-5-27-14-11(22-13(24(14)3)15(25)26-4)12-21-8-6-10(16(17,18)19)20-7-9(8)23(12)2/h6-7H,5H2,1-4H3. The highest BCUT2D eigenvalue weighted by molar-refractivity contribution is 7.99. The zero-order chi connectivity index (χ0) is 19.9. The summed E-state index contributed by atoms with van der Waals surface area (Å²) in [4.78, 5) is 24.1. The van der Waals surface area contributed by atoms with Gasteiger partial charge in [0.1, 0.15) is 16.4 Å². The van der Waals surface area contributed by atoms with Crippen LogP contribution in [0.5, 0.6) is 0 Å². The van der Waals surface area contributed by atoms with Gasteiger partial charge < -0.3 is 13.9 Å². The van der Waals surface area contributed by atoms with Gasteiger partial charge in [-0.2, -0.15) is 13.2 Å². The number of thioether (sulfide) groups is 1. The lowest BCUT2D eigenvalue weighted by Crippen LogP contribution is -2.09. The van der Waals surface area contributed by atoms with E-state index in [1.54, 1.807) is 23.2 Å². The summed E-state index contributed by atoms with van der Waals surface area (Å²) in [5, 5.41) is 0.667. The number of nitrogens with zero attached hydrogens (tertiary/aromatic N) is 5. The summed E-state index contributed by atoms with van der Waals surface area (Å²) < 4.78 is 46.7. The number of esters is 1. The molecular weight excluding hydrogens is 383 g/mol. The number of carbonyl (C=O) groups is 1. The van der Waals surface area contributed by atoms with Crippen LogP contribution in [0.25, 0.3) is 22.6 Å². The maximum Gasteiger partial charge on any atom is 0.433 e. The molecular formula is C16H16F3N5O2S. The van der Waals surface area contributed by atoms with Crippen LogP contribution in [0.2, 0.25) is 0 Å². The number of hydrogen-bond acceptors (Lipinski definition) is 6. The molecule has 0 aliphatic rings. The van der Waals surface area contributed by atoms with Crippen LogP contribution in [-0.2, 0) is 25.0 Å². The zero-order valence-electron chi connectivity index (χ0n) is 15.0. The van der Waals surface area contributed by atoms with Gasteiger partial charge >= 0.3 is 12.1 Å². The van der Waals surface area contributed by atoms with Crippen LogP contribution in [0.1, 0.15) is 23.2 Å². The molecule has 3 aromatic rings. The molecule has 0 saturated heterocycles. The van der Waals surface area contributed by atoms with Crippen molar-refractivity contribution in [3.05, 3.63) is 23.8 Å². The molecule has 0 amide bonds. The van der Waals surface area contributed by atoms with Crippen LogP contribution >= 0.6 is 11.8 Å². The summed E-state index contributed by atoms with van der Waals surface area (Å²) in [6.45, 7) is 1.94. The first-order valence-corrected chi connectivity index (χ1v) is 8.85. The van der Waals surface area contributed by atoms with Gasteiger partial charge in [-0.1, -0.05) is 6.92 Å². The Morgan fingerprint density at radius 3 is 2.56 bits per heavy atom. The van der Waals surface area contributed by atoms with Crippen molar-refractivity contribution in [1.82, 2.24) is 24.1 Å². The van der Waals surface area contributed by atoms with Crippen molar-refractivity contribution in [2.75, 3.05) is 12.9 Å². The second-order valence-corrected chi connectivity index (χ2v) is 6.88. The van der Waals surface area contributed by atoms with E-state index in [1.165, 1.54) is 18.9 Å². The lowest BCUT2D eigenvalue weighted by atomic mass is 10.3. The average molecular weight is 399 g/mol. The number of alkyl halides is 3. The molecule has 0 radical (unpaired) electrons. The van der Waals surface area contributed by atoms with Gasteiger partial charge in [0.05, 0.1) is 24.3 Å². The SMILES string of the molecule is CCSc1c(-c2nc3cc(C(F)(F)F)ncc3n2C)nc(C(=O)OC)n1C. The van der Waals surface area contributed by atoms with Crippen LogP contribution in [0, 0.1) is 0 Å². The van der Waals surface area contributed by atoms with Crippen LogP contribution < -0.4 is 0 Å². The van der Waals surface area contributed by atoms with E-state index in [9.17, 15) is 18.0 Å². The molecule has 0 aliphatic heterocycles. The number of methoxy groups -OCH3 is 1. The van der Waals surface area contributed by atoms with Crippen molar-refractivity contribution in [3.63, 3.8) is 0 Å². The van der Waals surface area contributed by atoms with Crippen molar-refractivity contribution in [1.29, 1.82) is 0 Å². The third-order valence-electron chi connectivity index (χ3n) is 3.96. The molecule has 3 aromatic heterocycles. The van der Waals surface area contributed by atoms with Gasteiger partial charge in [-0.15, -0.1) is 11.8 Å². The third kappa shape index (κ3) is 3.27. The minimum absolute atomic E-state index is 0.0876. The number of carbonyl (C=O) groups excluding carboxylic acids is 1. The van der Waals surface area contributed by atoms with Gasteiger partial charge in [0.25, 0.3) is 0 Å². The molecule has 27 heavy (non-hydrogen) atoms. The highest BCUT2D eigenvalue weighted by atomic mass is 32.2. The van der Waals surface area contributed by atoms with Gasteiger partial charge in [0.2, 0.25) is 5.82 Å². The minimum Gasteiger partial charge on any atom is -0.463 e. The van der Waals surface area contributed by atoms with E-state index in [0.29, 0.717) is 27.8 Å². The number of imidazole rings is 2. The predicted molar refractivity (Wildman–Crippen MR) is 93.5 cm³/mol. The van der Waals surface area contributed by atoms with Crippen molar-refractivity contribution in [3.8, 4) is 11.5 Å². The Labute approximate surface area is 156 Å². The lowest BCUT2D eigenvalue weighted by molar-refractivity contribution is -0.141. The fraction of sp³-hybridized carbons (Fsp3) is 0.375. The molecule has 7 nitrogen and oxygen atoms in total. The number of halogens is 3. The smallest absolute Gasteiger partial charge is 0.433 e. The van der Waals surface area contributed by atoms with E-state index < -0.39 is 17.8 Å². The summed E-state index contributed by atoms with van der Waals surface area (Å²) in [6.07, 6.45) is -3.43. The summed E-state index contributed by atoms with van der Waals surface area (Å²) >= 11 is 1.44. The number of aromatic nitrogens is 5. The number of pyridine rings is 1. The molecule has 0 fully saturated rings. The summed E-state index contributed by atoms with van der Waals surface area (Å²) in [5.41, 5.74) is -0.0423. The van der Waals surface area contributed by atoms with Gasteiger partial charge in [0.15, 0.2) is 5.82 Å². The van der Waals surface area contributed by atoms with Gasteiger partial charge in [0, 0.05) is 14.1 Å². The first-order valence-electron chi connectivity index (χ1n) is 7.86. The third-order valence-corrected chi connectivity index (χ3v) is 4.99. The molecule has 0 atom stereocenters. The van der Waals surface area contributed by atoms with E-state index in [4.69, 9.17) is 4.74 Å². The normalized spacial score (nSPS) is 12.0. The van der Waals surface area contributed by atoms with Crippen molar-refractivity contribution < 1.29 is 22.7 Å². The Balaban J connectivity index is 2.22. The number of fused-ring (bicyclic) bond motifs is 1. The van der Waals surface area contributed by atoms with Crippen molar-refractivity contribution in [2.24, 2.45) is 14.1 Å². The van der Waals surface area contributed by atoms with Gasteiger partial charge in [-0.05, 0) is 11.8 Å². The number of hydrogen-bond donors (Lipinski definition) is 0. The van der Waals surface area contributed by atoms with E-state index in [0.717, 1.165) is 12.3 Å². The zero-order valence-corrected chi connectivity index (χ0v) is 15.8. The van der Waals surface area contributed by atoms with Crippen LogP contribution in [0.4, 0.5) is 13.2 Å². The Morgan fingerprint density at radius 1 is 1.26 bits per heavy atom. The molecule has 0 N–H and O–H groups in total. The first kappa shape index (κ1) is 19.2. The fourth-order valence-electron chi connectivity index (χ4n) is 2.66. The molecule has 0 spiro atoms. The number of rotatable bonds is 4. The Kier molecular flexibility index (Phi) is 4.89. The fourth-order valence-corrected chi connectivity index (χ4v) is 3.49. The minimum atomic E-state index is -4.56. The van der Waals surface area contributed by atoms with E-state index in [-0.39, 0.29) is 11.3 Å². The average Bonchev–Trinajstić information content (AvgIpc) is 3.11. The lowest BCUT2D eigenvalue weighted by Gasteiger charge is -2.05. The Bertz CT molecular complexity index is 1030. The summed E-state index contributed by atoms with van der Waals surface area (Å²) in [7, 11) is 4.59. The van der Waals surface area contributed by atoms with Crippen LogP contribution in [0.15, 0.2) is 17.3 Å². The van der Waals surface area contributed by atoms with Crippen LogP contribution in [0.3, 0.4) is 0 Å². The molecule has 11 heteroatoms. The largest absolute Gasteiger partial charge is 0.463 e. The van der Waals surface area contributed by atoms with E-state index in [2.05, 4.69) is 15.0 Å². The quantitative estimate of drug-likeness (QED) is 0.495. The highest BCUT2D eigenvalue weighted by Crippen LogP contribution is 2.34. The Morgan fingerprint density at radius 2 is 1.96 bits per heavy atom. The predicted octanol–water partition coefficient (Wildman–Crippen LogP) is 3.29. The van der Waals surface area contributed by atoms with Gasteiger partial charge in [-0.3, -0.25) is 0 Å². The molecule has 0 saturated carbocycles. The first-order chi connectivity index (χ1) is 12.7. The highest BCUT2D eigenvalue weighted by Gasteiger charge is 2.33. The van der Waals surface area contributed by atoms with Crippen LogP contribution in [-0.4, -0.2) is 42.9 Å². The monoisotopic (exact) mass is 399 g/mol. The topological polar surface area (TPSA) is 74.8 Å². The molecule has 0 bridgehead atoms. The Hall–Kier alpha value is -2.56. The second kappa shape index (κ2) is 6.87.